The van der Waals surface area contributed by atoms with Crippen molar-refractivity contribution < 1.29 is 9.53 Å². The van der Waals surface area contributed by atoms with Gasteiger partial charge in [-0.05, 0) is 25.0 Å². The van der Waals surface area contributed by atoms with E-state index in [0.29, 0.717) is 26.2 Å². The van der Waals surface area contributed by atoms with Crippen LogP contribution in [0, 0.1) is 6.92 Å². The van der Waals surface area contributed by atoms with Gasteiger partial charge in [-0.1, -0.05) is 24.3 Å². The van der Waals surface area contributed by atoms with E-state index in [1.165, 1.54) is 11.1 Å². The topological polar surface area (TPSA) is 75.0 Å². The maximum atomic E-state index is 11.9. The summed E-state index contributed by atoms with van der Waals surface area (Å²) in [5.41, 5.74) is 2.44. The summed E-state index contributed by atoms with van der Waals surface area (Å²) in [4.78, 5) is 24.5. The number of nitrogens with one attached hydrogen (secondary N) is 1. The first-order chi connectivity index (χ1) is 14.1. The van der Waals surface area contributed by atoms with E-state index in [-0.39, 0.29) is 6.09 Å². The number of ether oxygens (including phenoxy) is 1. The van der Waals surface area contributed by atoms with Crippen LogP contribution in [0.1, 0.15) is 23.9 Å². The fraction of sp³-hybridized carbons (Fsp3) is 0.476. The van der Waals surface area contributed by atoms with Crippen molar-refractivity contribution in [2.45, 2.75) is 26.9 Å². The Bertz CT molecular complexity index is 839. The Morgan fingerprint density at radius 1 is 1.21 bits per heavy atom. The predicted octanol–water partition coefficient (Wildman–Crippen LogP) is 2.09. The molecule has 1 aliphatic heterocycles. The molecule has 0 bridgehead atoms. The monoisotopic (exact) mass is 398 g/mol. The standard InChI is InChI=1S/C21H30N6O2/c1-4-29-21(28)26-12-10-25(11-13-26)20(22-3)24-15-18-6-5-7-19(14-18)16-27-9-8-23-17(27)2/h5-9,14H,4,10-13,15-16H2,1-3H3,(H,22,24). The number of aryl methyl sites for hydroxylation is 1. The molecule has 8 heteroatoms. The third-order valence-electron chi connectivity index (χ3n) is 5.04. The lowest BCUT2D eigenvalue weighted by Crippen LogP contribution is -2.53. The second kappa shape index (κ2) is 9.95. The average molecular weight is 399 g/mol. The van der Waals surface area contributed by atoms with E-state index in [4.69, 9.17) is 4.74 Å². The molecular weight excluding hydrogens is 368 g/mol. The number of carbonyl (C=O) groups is 1. The summed E-state index contributed by atoms with van der Waals surface area (Å²) in [5, 5.41) is 3.44. The van der Waals surface area contributed by atoms with Gasteiger partial charge in [-0.25, -0.2) is 9.78 Å². The molecule has 0 atom stereocenters. The van der Waals surface area contributed by atoms with Gasteiger partial charge in [0.25, 0.3) is 0 Å². The number of nitrogens with zero attached hydrogens (tertiary/aromatic N) is 5. The summed E-state index contributed by atoms with van der Waals surface area (Å²) in [7, 11) is 1.79. The van der Waals surface area contributed by atoms with Crippen molar-refractivity contribution in [3.8, 4) is 0 Å². The number of amides is 1. The molecule has 0 spiro atoms. The Balaban J connectivity index is 1.53. The minimum Gasteiger partial charge on any atom is -0.450 e. The molecule has 0 saturated carbocycles. The number of aliphatic imine (C=N–C) groups is 1. The van der Waals surface area contributed by atoms with Crippen LogP contribution in [0.4, 0.5) is 4.79 Å². The fourth-order valence-corrected chi connectivity index (χ4v) is 3.43. The van der Waals surface area contributed by atoms with E-state index in [1.807, 2.05) is 26.2 Å². The van der Waals surface area contributed by atoms with Crippen molar-refractivity contribution in [1.82, 2.24) is 24.7 Å². The zero-order valence-corrected chi connectivity index (χ0v) is 17.5. The maximum absolute atomic E-state index is 11.9. The summed E-state index contributed by atoms with van der Waals surface area (Å²) >= 11 is 0. The number of carbonyl (C=O) groups excluding carboxylic acids is 1. The van der Waals surface area contributed by atoms with Crippen LogP contribution >= 0.6 is 0 Å². The zero-order chi connectivity index (χ0) is 20.6. The third-order valence-corrected chi connectivity index (χ3v) is 5.04. The van der Waals surface area contributed by atoms with Crippen LogP contribution in [0.15, 0.2) is 41.7 Å². The van der Waals surface area contributed by atoms with Crippen molar-refractivity contribution in [3.05, 3.63) is 53.6 Å². The summed E-state index contributed by atoms with van der Waals surface area (Å²) < 4.78 is 7.22. The number of rotatable bonds is 5. The van der Waals surface area contributed by atoms with E-state index < -0.39 is 0 Å². The molecule has 3 rings (SSSR count). The largest absolute Gasteiger partial charge is 0.450 e. The summed E-state index contributed by atoms with van der Waals surface area (Å²) in [6.07, 6.45) is 3.59. The Hall–Kier alpha value is -3.03. The van der Waals surface area contributed by atoms with Crippen LogP contribution in [0.2, 0.25) is 0 Å². The van der Waals surface area contributed by atoms with Crippen LogP contribution in [0.3, 0.4) is 0 Å². The molecule has 1 aliphatic rings. The number of guanidine groups is 1. The van der Waals surface area contributed by atoms with Crippen molar-refractivity contribution in [3.63, 3.8) is 0 Å². The Morgan fingerprint density at radius 3 is 2.59 bits per heavy atom. The highest BCUT2D eigenvalue weighted by Crippen LogP contribution is 2.10. The van der Waals surface area contributed by atoms with E-state index in [2.05, 4.69) is 49.0 Å². The van der Waals surface area contributed by atoms with Gasteiger partial charge in [0, 0.05) is 58.7 Å². The maximum Gasteiger partial charge on any atom is 0.409 e. The molecule has 29 heavy (non-hydrogen) atoms. The van der Waals surface area contributed by atoms with Gasteiger partial charge < -0.3 is 24.4 Å². The average Bonchev–Trinajstić information content (AvgIpc) is 3.14. The van der Waals surface area contributed by atoms with Gasteiger partial charge in [0.15, 0.2) is 5.96 Å². The molecule has 0 aliphatic carbocycles. The molecule has 8 nitrogen and oxygen atoms in total. The number of hydrogen-bond acceptors (Lipinski definition) is 4. The first kappa shape index (κ1) is 20.7. The molecule has 1 amide bonds. The van der Waals surface area contributed by atoms with Crippen LogP contribution in [0.5, 0.6) is 0 Å². The number of benzene rings is 1. The van der Waals surface area contributed by atoms with Crippen LogP contribution < -0.4 is 5.32 Å². The first-order valence-corrected chi connectivity index (χ1v) is 10.0. The van der Waals surface area contributed by atoms with E-state index in [1.54, 1.807) is 11.9 Å². The lowest BCUT2D eigenvalue weighted by molar-refractivity contribution is 0.0914. The number of imidazole rings is 1. The molecule has 156 valence electrons. The van der Waals surface area contributed by atoms with Crippen molar-refractivity contribution in [2.24, 2.45) is 4.99 Å². The second-order valence-corrected chi connectivity index (χ2v) is 7.00. The smallest absolute Gasteiger partial charge is 0.409 e. The quantitative estimate of drug-likeness (QED) is 0.617. The van der Waals surface area contributed by atoms with Gasteiger partial charge >= 0.3 is 6.09 Å². The van der Waals surface area contributed by atoms with Crippen LogP contribution in [-0.4, -0.2) is 71.2 Å². The van der Waals surface area contributed by atoms with E-state index in [9.17, 15) is 4.79 Å². The van der Waals surface area contributed by atoms with Crippen LogP contribution in [0.25, 0.3) is 0 Å². The molecule has 1 fully saturated rings. The van der Waals surface area contributed by atoms with E-state index in [0.717, 1.165) is 31.4 Å². The Labute approximate surface area is 172 Å². The SMILES string of the molecule is CCOC(=O)N1CCN(C(=NC)NCc2cccc(Cn3ccnc3C)c2)CC1. The molecule has 0 radical (unpaired) electrons. The third kappa shape index (κ3) is 5.49. The highest BCUT2D eigenvalue weighted by Gasteiger charge is 2.23. The molecule has 2 aromatic rings. The van der Waals surface area contributed by atoms with Gasteiger partial charge in [-0.2, -0.15) is 0 Å². The van der Waals surface area contributed by atoms with Gasteiger partial charge in [-0.15, -0.1) is 0 Å². The molecule has 1 aromatic heterocycles. The van der Waals surface area contributed by atoms with E-state index >= 15 is 0 Å². The molecule has 1 aromatic carbocycles. The number of piperazine rings is 1. The molecule has 2 heterocycles. The Kier molecular flexibility index (Phi) is 7.10. The minimum atomic E-state index is -0.236. The summed E-state index contributed by atoms with van der Waals surface area (Å²) in [5.74, 6) is 1.86. The normalized spacial score (nSPS) is 14.8. The summed E-state index contributed by atoms with van der Waals surface area (Å²) in [6.45, 7) is 8.49. The zero-order valence-electron chi connectivity index (χ0n) is 17.5. The Morgan fingerprint density at radius 2 is 1.93 bits per heavy atom. The summed E-state index contributed by atoms with van der Waals surface area (Å²) in [6, 6.07) is 8.54. The number of aromatic nitrogens is 2. The predicted molar refractivity (Wildman–Crippen MR) is 113 cm³/mol. The highest BCUT2D eigenvalue weighted by atomic mass is 16.6. The van der Waals surface area contributed by atoms with Gasteiger partial charge in [0.1, 0.15) is 5.82 Å². The van der Waals surface area contributed by atoms with Crippen LogP contribution in [-0.2, 0) is 17.8 Å². The second-order valence-electron chi connectivity index (χ2n) is 7.00. The lowest BCUT2D eigenvalue weighted by Gasteiger charge is -2.35. The lowest BCUT2D eigenvalue weighted by atomic mass is 10.1. The van der Waals surface area contributed by atoms with Gasteiger partial charge in [0.2, 0.25) is 0 Å². The highest BCUT2D eigenvalue weighted by molar-refractivity contribution is 5.80. The van der Waals surface area contributed by atoms with Crippen molar-refractivity contribution in [1.29, 1.82) is 0 Å². The van der Waals surface area contributed by atoms with Gasteiger partial charge in [-0.3, -0.25) is 4.99 Å². The molecule has 1 N–H and O–H groups in total. The van der Waals surface area contributed by atoms with Crippen molar-refractivity contribution in [2.75, 3.05) is 39.8 Å². The molecule has 1 saturated heterocycles. The first-order valence-electron chi connectivity index (χ1n) is 10.0. The minimum absolute atomic E-state index is 0.236. The molecular formula is C21H30N6O2. The number of hydrogen-bond donors (Lipinski definition) is 1. The van der Waals surface area contributed by atoms with Gasteiger partial charge in [0.05, 0.1) is 6.61 Å². The van der Waals surface area contributed by atoms with Crippen molar-refractivity contribution >= 4 is 12.1 Å². The molecule has 0 unspecified atom stereocenters. The fourth-order valence-electron chi connectivity index (χ4n) is 3.43.